The summed E-state index contributed by atoms with van der Waals surface area (Å²) in [6.45, 7) is 3.92. The van der Waals surface area contributed by atoms with Gasteiger partial charge in [-0.25, -0.2) is 0 Å². The van der Waals surface area contributed by atoms with E-state index in [2.05, 4.69) is 0 Å². The molecule has 1 aliphatic heterocycles. The molecule has 0 aliphatic carbocycles. The molecule has 0 radical (unpaired) electrons. The van der Waals surface area contributed by atoms with Crippen molar-refractivity contribution in [3.63, 3.8) is 0 Å². The Hall–Kier alpha value is -1.43. The van der Waals surface area contributed by atoms with E-state index in [1.165, 1.54) is 0 Å². The molecule has 118 valence electrons. The first-order valence-electron chi connectivity index (χ1n) is 7.20. The Morgan fingerprint density at radius 1 is 1.29 bits per heavy atom. The van der Waals surface area contributed by atoms with Crippen LogP contribution in [0.15, 0.2) is 18.2 Å². The largest absolute Gasteiger partial charge is 0.494 e. The lowest BCUT2D eigenvalue weighted by Gasteiger charge is -2.33. The molecular formula is C15H21F3N2O. The second-order valence-electron chi connectivity index (χ2n) is 5.39. The summed E-state index contributed by atoms with van der Waals surface area (Å²) in [5.74, 6) is -0.411. The zero-order valence-electron chi connectivity index (χ0n) is 12.1. The topological polar surface area (TPSA) is 38.5 Å². The maximum atomic E-state index is 12.7. The van der Waals surface area contributed by atoms with Gasteiger partial charge in [0.15, 0.2) is 0 Å². The van der Waals surface area contributed by atoms with Crippen molar-refractivity contribution >= 4 is 5.69 Å². The molecule has 21 heavy (non-hydrogen) atoms. The van der Waals surface area contributed by atoms with Crippen LogP contribution in [0.25, 0.3) is 0 Å². The molecule has 0 bridgehead atoms. The minimum absolute atomic E-state index is 0.162. The molecule has 0 unspecified atom stereocenters. The van der Waals surface area contributed by atoms with Gasteiger partial charge in [-0.05, 0) is 51.1 Å². The van der Waals surface area contributed by atoms with E-state index in [4.69, 9.17) is 10.5 Å². The minimum Gasteiger partial charge on any atom is -0.494 e. The molecular weight excluding hydrogens is 281 g/mol. The number of nitrogen functional groups attached to an aromatic ring is 1. The van der Waals surface area contributed by atoms with E-state index in [1.54, 1.807) is 6.07 Å². The number of piperidine rings is 1. The van der Waals surface area contributed by atoms with Crippen molar-refractivity contribution < 1.29 is 17.9 Å². The van der Waals surface area contributed by atoms with Crippen LogP contribution in [-0.2, 0) is 6.54 Å². The van der Waals surface area contributed by atoms with Crippen LogP contribution in [0.5, 0.6) is 5.75 Å². The average Bonchev–Trinajstić information content (AvgIpc) is 2.42. The Bertz CT molecular complexity index is 468. The normalized spacial score (nSPS) is 17.9. The number of nitrogens with two attached hydrogens (primary N) is 1. The van der Waals surface area contributed by atoms with Crippen molar-refractivity contribution in [1.29, 1.82) is 0 Å². The molecule has 1 fully saturated rings. The summed E-state index contributed by atoms with van der Waals surface area (Å²) in [6.07, 6.45) is -3.74. The maximum Gasteiger partial charge on any atom is 0.391 e. The van der Waals surface area contributed by atoms with E-state index in [-0.39, 0.29) is 12.8 Å². The molecule has 6 heteroatoms. The van der Waals surface area contributed by atoms with E-state index in [0.717, 1.165) is 11.3 Å². The van der Waals surface area contributed by atoms with E-state index in [0.29, 0.717) is 31.9 Å². The van der Waals surface area contributed by atoms with Gasteiger partial charge in [0.25, 0.3) is 0 Å². The summed E-state index contributed by atoms with van der Waals surface area (Å²) in [5, 5.41) is 0. The molecule has 0 aromatic heterocycles. The first-order chi connectivity index (χ1) is 9.90. The van der Waals surface area contributed by atoms with Crippen LogP contribution in [0.4, 0.5) is 18.9 Å². The van der Waals surface area contributed by atoms with Gasteiger partial charge in [-0.3, -0.25) is 4.90 Å². The highest BCUT2D eigenvalue weighted by Crippen LogP contribution is 2.35. The van der Waals surface area contributed by atoms with Crippen molar-refractivity contribution in [3.05, 3.63) is 23.8 Å². The smallest absolute Gasteiger partial charge is 0.391 e. The molecule has 1 saturated heterocycles. The van der Waals surface area contributed by atoms with E-state index in [1.807, 2.05) is 24.0 Å². The number of hydrogen-bond acceptors (Lipinski definition) is 3. The lowest BCUT2D eigenvalue weighted by atomic mass is 9.96. The highest BCUT2D eigenvalue weighted by molar-refractivity contribution is 5.47. The number of likely N-dealkylation sites (tertiary alicyclic amines) is 1. The Balaban J connectivity index is 1.99. The second-order valence-corrected chi connectivity index (χ2v) is 5.39. The quantitative estimate of drug-likeness (QED) is 0.866. The highest BCUT2D eigenvalue weighted by atomic mass is 19.4. The van der Waals surface area contributed by atoms with Crippen molar-refractivity contribution in [2.75, 3.05) is 25.4 Å². The van der Waals surface area contributed by atoms with Gasteiger partial charge < -0.3 is 10.5 Å². The number of benzene rings is 1. The predicted octanol–water partition coefficient (Wildman–Crippen LogP) is 3.44. The summed E-state index contributed by atoms with van der Waals surface area (Å²) in [6, 6.07) is 5.42. The number of ether oxygens (including phenoxy) is 1. The summed E-state index contributed by atoms with van der Waals surface area (Å²) < 4.78 is 43.5. The zero-order chi connectivity index (χ0) is 15.5. The van der Waals surface area contributed by atoms with Gasteiger partial charge >= 0.3 is 6.18 Å². The fourth-order valence-electron chi connectivity index (χ4n) is 2.68. The lowest BCUT2D eigenvalue weighted by molar-refractivity contribution is -0.185. The Labute approximate surface area is 122 Å². The van der Waals surface area contributed by atoms with Gasteiger partial charge in [0.05, 0.1) is 12.5 Å². The summed E-state index contributed by atoms with van der Waals surface area (Å²) >= 11 is 0. The third-order valence-corrected chi connectivity index (χ3v) is 3.83. The molecule has 0 atom stereocenters. The Morgan fingerprint density at radius 2 is 1.95 bits per heavy atom. The monoisotopic (exact) mass is 302 g/mol. The lowest BCUT2D eigenvalue weighted by Crippen LogP contribution is -2.38. The maximum absolute atomic E-state index is 12.7. The van der Waals surface area contributed by atoms with Gasteiger partial charge in [0.1, 0.15) is 5.75 Å². The predicted molar refractivity (Wildman–Crippen MR) is 76.1 cm³/mol. The number of alkyl halides is 3. The van der Waals surface area contributed by atoms with E-state index in [9.17, 15) is 13.2 Å². The van der Waals surface area contributed by atoms with Gasteiger partial charge in [0, 0.05) is 17.8 Å². The third-order valence-electron chi connectivity index (χ3n) is 3.83. The summed E-state index contributed by atoms with van der Waals surface area (Å²) in [4.78, 5) is 2.03. The average molecular weight is 302 g/mol. The van der Waals surface area contributed by atoms with Crippen LogP contribution in [0.2, 0.25) is 0 Å². The van der Waals surface area contributed by atoms with Crippen molar-refractivity contribution in [2.45, 2.75) is 32.5 Å². The number of hydrogen-bond donors (Lipinski definition) is 1. The van der Waals surface area contributed by atoms with Crippen LogP contribution >= 0.6 is 0 Å². The molecule has 2 N–H and O–H groups in total. The van der Waals surface area contributed by atoms with Crippen molar-refractivity contribution in [2.24, 2.45) is 5.92 Å². The molecule has 1 aromatic rings. The molecule has 1 aliphatic rings. The van der Waals surface area contributed by atoms with Gasteiger partial charge in [0.2, 0.25) is 0 Å². The van der Waals surface area contributed by atoms with Gasteiger partial charge in [-0.1, -0.05) is 0 Å². The van der Waals surface area contributed by atoms with E-state index >= 15 is 0 Å². The van der Waals surface area contributed by atoms with Crippen LogP contribution < -0.4 is 10.5 Å². The SMILES string of the molecule is CCOc1ccc(N)cc1CN1CCC(C(F)(F)F)CC1. The van der Waals surface area contributed by atoms with Crippen LogP contribution in [0.3, 0.4) is 0 Å². The molecule has 0 amide bonds. The standard InChI is InChI=1S/C15H21F3N2O/c1-2-21-14-4-3-13(19)9-11(14)10-20-7-5-12(6-8-20)15(16,17)18/h3-4,9,12H,2,5-8,10,19H2,1H3. The molecule has 0 spiro atoms. The second kappa shape index (κ2) is 6.56. The molecule has 1 heterocycles. The van der Waals surface area contributed by atoms with Crippen molar-refractivity contribution in [3.8, 4) is 5.75 Å². The fourth-order valence-corrected chi connectivity index (χ4v) is 2.68. The van der Waals surface area contributed by atoms with Crippen LogP contribution in [0, 0.1) is 5.92 Å². The zero-order valence-corrected chi connectivity index (χ0v) is 12.1. The van der Waals surface area contributed by atoms with Gasteiger partial charge in [-0.15, -0.1) is 0 Å². The van der Waals surface area contributed by atoms with Crippen LogP contribution in [0.1, 0.15) is 25.3 Å². The van der Waals surface area contributed by atoms with E-state index < -0.39 is 12.1 Å². The summed E-state index contributed by atoms with van der Waals surface area (Å²) in [5.41, 5.74) is 7.36. The fraction of sp³-hybridized carbons (Fsp3) is 0.600. The Kier molecular flexibility index (Phi) is 4.98. The first-order valence-corrected chi connectivity index (χ1v) is 7.20. The number of rotatable bonds is 4. The molecule has 3 nitrogen and oxygen atoms in total. The van der Waals surface area contributed by atoms with Crippen molar-refractivity contribution in [1.82, 2.24) is 4.90 Å². The number of anilines is 1. The third kappa shape index (κ3) is 4.27. The number of halogens is 3. The molecule has 2 rings (SSSR count). The first kappa shape index (κ1) is 15.9. The molecule has 1 aromatic carbocycles. The summed E-state index contributed by atoms with van der Waals surface area (Å²) in [7, 11) is 0. The molecule has 0 saturated carbocycles. The minimum atomic E-state index is -4.07. The van der Waals surface area contributed by atoms with Crippen LogP contribution in [-0.4, -0.2) is 30.8 Å². The van der Waals surface area contributed by atoms with Gasteiger partial charge in [-0.2, -0.15) is 13.2 Å². The Morgan fingerprint density at radius 3 is 2.52 bits per heavy atom. The number of nitrogens with zero attached hydrogens (tertiary/aromatic N) is 1. The highest BCUT2D eigenvalue weighted by Gasteiger charge is 2.41.